The monoisotopic (exact) mass is 1870 g/mol. The third kappa shape index (κ3) is 19.0. The molecule has 4 atom stereocenters. The number of carbonyl (C=O) groups is 3. The van der Waals surface area contributed by atoms with Gasteiger partial charge >= 0.3 is 80.0 Å². The molecule has 8 aliphatic rings. The van der Waals surface area contributed by atoms with Gasteiger partial charge in [-0.25, -0.2) is 4.85 Å². The van der Waals surface area contributed by atoms with E-state index >= 15 is 0 Å². The third-order valence-electron chi connectivity index (χ3n) is 16.0. The van der Waals surface area contributed by atoms with Crippen LogP contribution in [-0.2, 0) is 25.9 Å². The Hall–Kier alpha value is -3.19. The topological polar surface area (TPSA) is 198 Å². The summed E-state index contributed by atoms with van der Waals surface area (Å²) in [5.41, 5.74) is 31.3. The molecule has 0 bridgehead atoms. The summed E-state index contributed by atoms with van der Waals surface area (Å²) in [6.07, 6.45) is 11.3. The molecule has 4 aliphatic carbocycles. The first-order chi connectivity index (χ1) is 40.0. The normalized spacial score (nSPS) is 16.0. The number of piperidine rings is 2. The molecular weight excluding hydrogens is 1800 g/mol. The van der Waals surface area contributed by atoms with Gasteiger partial charge < -0.3 is 42.4 Å². The molecule has 20 heteroatoms. The number of carbonyl (C=O) groups excluding carboxylic acids is 3. The Balaban J connectivity index is 0.000000240. The Morgan fingerprint density at radius 3 is 1.37 bits per heavy atom. The zero-order valence-corrected chi connectivity index (χ0v) is 63.1. The fraction of sp³-hybridized carbons (Fsp3) is 0.224. The molecule has 3 amide bonds. The number of hydrogen-bond acceptors (Lipinski definition) is 6. The van der Waals surface area contributed by atoms with E-state index in [4.69, 9.17) is 23.8 Å². The summed E-state index contributed by atoms with van der Waals surface area (Å²) in [4.78, 5) is 37.3. The van der Waals surface area contributed by atoms with Gasteiger partial charge in [0.1, 0.15) is 0 Å². The van der Waals surface area contributed by atoms with E-state index in [0.717, 1.165) is 66.4 Å². The van der Waals surface area contributed by atoms with Crippen LogP contribution in [0.1, 0.15) is 109 Å². The number of nitrogens with zero attached hydrogens (tertiary/aromatic N) is 3. The fourth-order valence-electron chi connectivity index (χ4n) is 12.2. The van der Waals surface area contributed by atoms with Gasteiger partial charge in [0.05, 0.1) is 6.57 Å². The molecule has 4 unspecified atom stereocenters. The smallest absolute Gasteiger partial charge is 0.870 e. The average molecular weight is 1870 g/mol. The van der Waals surface area contributed by atoms with Crippen LogP contribution < -0.4 is 70.6 Å². The number of halogens is 7. The summed E-state index contributed by atoms with van der Waals surface area (Å²) in [7, 11) is 0. The van der Waals surface area contributed by atoms with Crippen LogP contribution in [-0.4, -0.2) is 57.5 Å². The number of fused-ring (bicyclic) bond motifs is 12. The first-order valence-electron chi connectivity index (χ1n) is 27.1. The van der Waals surface area contributed by atoms with Crippen LogP contribution in [0.4, 0.5) is 5.69 Å². The minimum atomic E-state index is -0.394. The number of pyridine rings is 2. The molecule has 0 saturated carbocycles. The maximum Gasteiger partial charge on any atom is 1.00 e. The molecule has 0 spiro atoms. The van der Waals surface area contributed by atoms with Crippen LogP contribution in [0.25, 0.3) is 48.9 Å². The summed E-state index contributed by atoms with van der Waals surface area (Å²) in [5.74, 6) is 0.130. The van der Waals surface area contributed by atoms with Gasteiger partial charge in [0.25, 0.3) is 0 Å². The molecule has 6 aromatic carbocycles. The van der Waals surface area contributed by atoms with E-state index in [9.17, 15) is 14.4 Å². The number of nitrogens with two attached hydrogens (primary N) is 3. The van der Waals surface area contributed by atoms with Crippen LogP contribution in [0.3, 0.4) is 0 Å². The van der Waals surface area contributed by atoms with E-state index in [2.05, 4.69) is 202 Å². The van der Waals surface area contributed by atoms with Crippen molar-refractivity contribution in [2.24, 2.45) is 17.2 Å². The Morgan fingerprint density at radius 1 is 0.563 bits per heavy atom. The molecule has 2 saturated heterocycles. The second-order valence-electron chi connectivity index (χ2n) is 20.8. The predicted molar refractivity (Wildman–Crippen MR) is 395 cm³/mol. The van der Waals surface area contributed by atoms with E-state index in [-0.39, 0.29) is 90.7 Å². The Morgan fingerprint density at radius 2 is 0.954 bits per heavy atom. The van der Waals surface area contributed by atoms with E-state index in [1.807, 2.05) is 72.8 Å². The minimum Gasteiger partial charge on any atom is -0.870 e. The number of rotatable bonds is 7. The van der Waals surface area contributed by atoms with Crippen molar-refractivity contribution in [1.29, 1.82) is 0 Å². The SMILES string of the molecule is C.Cl.I.II.I[I-]I.NC(=O)c1ccc2c(c1)C1CCCNC1C2.NC(=O)c1ccc2c(c1)C1CCCNC1C2.NC(=O)c1ccc2cc3n(Cc4ccccc4)cccc-3c2c1.[C-]#[N+]c1ccc2cc3n(Cc4ccccc4)cccc-3c2c1.[Na+].[OH-]. The van der Waals surface area contributed by atoms with Crippen LogP contribution in [0, 0.1) is 6.57 Å². The molecule has 4 aliphatic heterocycles. The number of nitrogens with one attached hydrogen (secondary N) is 2. The third-order valence-corrected chi connectivity index (χ3v) is 16.0. The molecular formula is C67H69ClI6N8NaO4-. The molecule has 2 fully saturated rings. The number of primary amides is 3. The number of hydrogen-bond donors (Lipinski definition) is 5. The van der Waals surface area contributed by atoms with Gasteiger partial charge in [0, 0.05) is 114 Å². The quantitative estimate of drug-likeness (QED) is 0.0598. The summed E-state index contributed by atoms with van der Waals surface area (Å²) < 4.78 is 4.50. The molecule has 452 valence electrons. The molecule has 87 heavy (non-hydrogen) atoms. The summed E-state index contributed by atoms with van der Waals surface area (Å²) >= 11 is 9.54. The van der Waals surface area contributed by atoms with Crippen LogP contribution in [0.2, 0.25) is 0 Å². The van der Waals surface area contributed by atoms with E-state index in [1.54, 1.807) is 6.07 Å². The number of benzene rings is 6. The molecule has 6 aromatic rings. The van der Waals surface area contributed by atoms with Crippen molar-refractivity contribution in [1.82, 2.24) is 19.8 Å². The Labute approximate surface area is 609 Å². The van der Waals surface area contributed by atoms with Crippen molar-refractivity contribution in [3.8, 4) is 22.5 Å². The second kappa shape index (κ2) is 37.4. The Bertz CT molecular complexity index is 3750. The Kier molecular flexibility index (Phi) is 32.7. The van der Waals surface area contributed by atoms with Crippen LogP contribution >= 0.6 is 111 Å². The maximum atomic E-state index is 11.4. The van der Waals surface area contributed by atoms with Crippen molar-refractivity contribution < 1.29 is 62.7 Å². The van der Waals surface area contributed by atoms with Crippen molar-refractivity contribution in [3.05, 3.63) is 244 Å². The van der Waals surface area contributed by atoms with Gasteiger partial charge in [0.2, 0.25) is 17.7 Å². The van der Waals surface area contributed by atoms with Gasteiger partial charge in [-0.15, -0.1) is 36.4 Å². The molecule has 9 N–H and O–H groups in total. The molecule has 12 nitrogen and oxygen atoms in total. The summed E-state index contributed by atoms with van der Waals surface area (Å²) in [6.45, 7) is 11.1. The average Bonchev–Trinajstić information content (AvgIpc) is 2.47. The van der Waals surface area contributed by atoms with Crippen molar-refractivity contribution >= 4 is 156 Å². The molecule has 0 aromatic heterocycles. The largest absolute Gasteiger partial charge is 1.00 e. The summed E-state index contributed by atoms with van der Waals surface area (Å²) in [5, 5.41) is 11.7. The molecule has 4 heterocycles. The van der Waals surface area contributed by atoms with E-state index < -0.39 is 5.91 Å². The van der Waals surface area contributed by atoms with Gasteiger partial charge in [-0.2, -0.15) is 0 Å². The van der Waals surface area contributed by atoms with Gasteiger partial charge in [-0.05, 0) is 185 Å². The first-order valence-corrected chi connectivity index (χ1v) is 46.0. The van der Waals surface area contributed by atoms with Crippen molar-refractivity contribution in [3.63, 3.8) is 0 Å². The fourth-order valence-corrected chi connectivity index (χ4v) is 12.2. The van der Waals surface area contributed by atoms with Crippen LogP contribution in [0.5, 0.6) is 0 Å². The minimum absolute atomic E-state index is 0. The van der Waals surface area contributed by atoms with E-state index in [0.29, 0.717) is 59.6 Å². The van der Waals surface area contributed by atoms with Crippen molar-refractivity contribution in [2.45, 2.75) is 83.0 Å². The molecule has 0 radical (unpaired) electrons. The summed E-state index contributed by atoms with van der Waals surface area (Å²) in [6, 6.07) is 58.1. The zero-order chi connectivity index (χ0) is 57.7. The number of aromatic nitrogens is 2. The number of amides is 3. The molecule has 14 rings (SSSR count). The van der Waals surface area contributed by atoms with E-state index in [1.165, 1.54) is 75.7 Å². The van der Waals surface area contributed by atoms with Gasteiger partial charge in [0.15, 0.2) is 5.69 Å². The second-order valence-corrected chi connectivity index (χ2v) is 37.1. The first kappa shape index (κ1) is 76.3. The van der Waals surface area contributed by atoms with Gasteiger partial charge in [-0.1, -0.05) is 111 Å². The van der Waals surface area contributed by atoms with Crippen LogP contribution in [0.15, 0.2) is 182 Å². The van der Waals surface area contributed by atoms with Crippen molar-refractivity contribution in [2.75, 3.05) is 13.1 Å². The standard InChI is InChI=1S/C20H16N2O.C20H14N2.2C13H16N2O.CH4.ClH.I3.I2.HI.Na.H2O/c21-20(23)16-9-8-15-12-19-17(18(15)11-16)7-4-10-22(19)13-14-5-2-1-3-6-14;1-21-17-10-9-16-12-20-18(19(16)13-17)8-5-11-22(20)14-15-6-3-2-4-7-15;2*14-13(16)9-4-3-8-7-12-10(11(8)6-9)2-1-5-15-12;;;1-3-2;1-2;;;/h1-12H,13H2,(H2,21,23);2-13H,14H2;2*3-4,6,10,12,15H,1-2,5,7H2,(H2,14,16);1H4;1H;;;1H;;1H2/q;;;;;;-1;;;+1;/p-1. The maximum absolute atomic E-state index is 11.4. The van der Waals surface area contributed by atoms with Gasteiger partial charge in [-0.3, -0.25) is 14.4 Å². The predicted octanol–water partition coefficient (Wildman–Crippen LogP) is 10.6. The zero-order valence-electron chi connectivity index (χ0n) is 47.2.